The highest BCUT2D eigenvalue weighted by Gasteiger charge is 2.37. The van der Waals surface area contributed by atoms with Crippen molar-refractivity contribution in [2.24, 2.45) is 11.8 Å². The molecular formula is C21H25N3O2. The largest absolute Gasteiger partial charge is 0.353 e. The number of fused-ring (bicyclic) bond motifs is 1. The maximum absolute atomic E-state index is 12.7. The smallest absolute Gasteiger partial charge is 0.227 e. The number of carbonyl (C=O) groups excluding carboxylic acids is 2. The molecule has 4 rings (SSSR count). The minimum atomic E-state index is -0.274. The third kappa shape index (κ3) is 3.19. The molecule has 2 aromatic rings. The summed E-state index contributed by atoms with van der Waals surface area (Å²) in [7, 11) is 0. The third-order valence-corrected chi connectivity index (χ3v) is 5.67. The summed E-state index contributed by atoms with van der Waals surface area (Å²) in [5.41, 5.74) is 0.902. The van der Waals surface area contributed by atoms with Gasteiger partial charge in [0.1, 0.15) is 0 Å². The summed E-state index contributed by atoms with van der Waals surface area (Å²) >= 11 is 0. The van der Waals surface area contributed by atoms with Crippen LogP contribution < -0.4 is 15.5 Å². The number of hydrogen-bond donors (Lipinski definition) is 2. The van der Waals surface area contributed by atoms with E-state index in [-0.39, 0.29) is 30.2 Å². The Balaban J connectivity index is 1.50. The molecule has 2 N–H and O–H groups in total. The van der Waals surface area contributed by atoms with Crippen LogP contribution in [0.5, 0.6) is 0 Å². The van der Waals surface area contributed by atoms with Crippen molar-refractivity contribution in [1.82, 2.24) is 10.6 Å². The highest BCUT2D eigenvalue weighted by molar-refractivity contribution is 6.07. The van der Waals surface area contributed by atoms with Gasteiger partial charge in [-0.1, -0.05) is 43.3 Å². The van der Waals surface area contributed by atoms with E-state index in [1.54, 1.807) is 4.90 Å². The van der Waals surface area contributed by atoms with Crippen molar-refractivity contribution in [3.8, 4) is 0 Å². The van der Waals surface area contributed by atoms with Crippen LogP contribution >= 0.6 is 0 Å². The highest BCUT2D eigenvalue weighted by Crippen LogP contribution is 2.31. The zero-order valence-electron chi connectivity index (χ0n) is 15.1. The molecule has 2 aliphatic rings. The summed E-state index contributed by atoms with van der Waals surface area (Å²) < 4.78 is 0. The molecule has 3 unspecified atom stereocenters. The maximum atomic E-state index is 12.7. The average molecular weight is 351 g/mol. The van der Waals surface area contributed by atoms with Crippen LogP contribution in [0.25, 0.3) is 10.8 Å². The summed E-state index contributed by atoms with van der Waals surface area (Å²) in [5.74, 6) is 0.183. The van der Waals surface area contributed by atoms with Gasteiger partial charge in [-0.3, -0.25) is 9.59 Å². The van der Waals surface area contributed by atoms with Gasteiger partial charge in [0.05, 0.1) is 11.6 Å². The third-order valence-electron chi connectivity index (χ3n) is 5.67. The molecule has 2 aromatic carbocycles. The number of carbonyl (C=O) groups is 2. The Morgan fingerprint density at radius 3 is 2.85 bits per heavy atom. The van der Waals surface area contributed by atoms with Crippen LogP contribution in [0.15, 0.2) is 42.5 Å². The van der Waals surface area contributed by atoms with Gasteiger partial charge >= 0.3 is 0 Å². The van der Waals surface area contributed by atoms with Crippen LogP contribution in [0, 0.1) is 11.8 Å². The van der Waals surface area contributed by atoms with Crippen molar-refractivity contribution in [3.05, 3.63) is 42.5 Å². The SMILES string of the molecule is CC1CNCCC1NC(=O)C1CC(=O)N(c2cccc3ccccc23)C1. The Kier molecular flexibility index (Phi) is 4.64. The number of anilines is 1. The molecule has 136 valence electrons. The number of nitrogens with zero attached hydrogens (tertiary/aromatic N) is 1. The van der Waals surface area contributed by atoms with Crippen LogP contribution in [0.2, 0.25) is 0 Å². The molecule has 5 heteroatoms. The van der Waals surface area contributed by atoms with Gasteiger partial charge in [0, 0.05) is 24.4 Å². The standard InChI is InChI=1S/C21H25N3O2/c1-14-12-22-10-9-18(14)23-21(26)16-11-20(25)24(13-16)19-8-4-6-15-5-2-3-7-17(15)19/h2-8,14,16,18,22H,9-13H2,1H3,(H,23,26). The van der Waals surface area contributed by atoms with Gasteiger partial charge in [0.25, 0.3) is 0 Å². The Bertz CT molecular complexity index is 830. The molecule has 0 saturated carbocycles. The molecule has 0 radical (unpaired) electrons. The van der Waals surface area contributed by atoms with E-state index in [0.717, 1.165) is 36.0 Å². The van der Waals surface area contributed by atoms with Crippen molar-refractivity contribution in [2.45, 2.75) is 25.8 Å². The molecule has 2 fully saturated rings. The Morgan fingerprint density at radius 2 is 2.00 bits per heavy atom. The van der Waals surface area contributed by atoms with Crippen LogP contribution in [-0.4, -0.2) is 37.5 Å². The minimum Gasteiger partial charge on any atom is -0.353 e. The molecule has 26 heavy (non-hydrogen) atoms. The Labute approximate surface area is 153 Å². The lowest BCUT2D eigenvalue weighted by atomic mass is 9.94. The number of rotatable bonds is 3. The van der Waals surface area contributed by atoms with E-state index in [4.69, 9.17) is 0 Å². The zero-order chi connectivity index (χ0) is 18.1. The maximum Gasteiger partial charge on any atom is 0.227 e. The summed E-state index contributed by atoms with van der Waals surface area (Å²) in [6.45, 7) is 4.47. The topological polar surface area (TPSA) is 61.4 Å². The second kappa shape index (κ2) is 7.08. The van der Waals surface area contributed by atoms with Crippen LogP contribution in [0.3, 0.4) is 0 Å². The van der Waals surface area contributed by atoms with Gasteiger partial charge in [-0.2, -0.15) is 0 Å². The van der Waals surface area contributed by atoms with Crippen LogP contribution in [0.1, 0.15) is 19.8 Å². The lowest BCUT2D eigenvalue weighted by Crippen LogP contribution is -2.50. The first-order valence-corrected chi connectivity index (χ1v) is 9.42. The minimum absolute atomic E-state index is 0.0137. The fourth-order valence-electron chi connectivity index (χ4n) is 4.09. The fraction of sp³-hybridized carbons (Fsp3) is 0.429. The first-order valence-electron chi connectivity index (χ1n) is 9.42. The molecular weight excluding hydrogens is 326 g/mol. The summed E-state index contributed by atoms with van der Waals surface area (Å²) in [6, 6.07) is 14.2. The quantitative estimate of drug-likeness (QED) is 0.892. The molecule has 0 bridgehead atoms. The molecule has 2 amide bonds. The molecule has 2 aliphatic heterocycles. The molecule has 0 aromatic heterocycles. The number of hydrogen-bond acceptors (Lipinski definition) is 3. The van der Waals surface area contributed by atoms with Gasteiger partial charge < -0.3 is 15.5 Å². The molecule has 3 atom stereocenters. The molecule has 2 heterocycles. The second-order valence-electron chi connectivity index (χ2n) is 7.49. The summed E-state index contributed by atoms with van der Waals surface area (Å²) in [6.07, 6.45) is 1.23. The van der Waals surface area contributed by atoms with E-state index in [9.17, 15) is 9.59 Å². The molecule has 5 nitrogen and oxygen atoms in total. The van der Waals surface area contributed by atoms with Gasteiger partial charge in [-0.15, -0.1) is 0 Å². The monoisotopic (exact) mass is 351 g/mol. The summed E-state index contributed by atoms with van der Waals surface area (Å²) in [4.78, 5) is 27.1. The number of piperidine rings is 1. The van der Waals surface area contributed by atoms with Crippen molar-refractivity contribution in [1.29, 1.82) is 0 Å². The van der Waals surface area contributed by atoms with Crippen LogP contribution in [-0.2, 0) is 9.59 Å². The summed E-state index contributed by atoms with van der Waals surface area (Å²) in [5, 5.41) is 8.69. The molecule has 0 spiro atoms. The van der Waals surface area contributed by atoms with Gasteiger partial charge in [-0.05, 0) is 36.9 Å². The normalized spacial score (nSPS) is 26.3. The average Bonchev–Trinajstić information content (AvgIpc) is 3.05. The predicted octanol–water partition coefficient (Wildman–Crippen LogP) is 2.31. The first kappa shape index (κ1) is 17.0. The number of benzene rings is 2. The van der Waals surface area contributed by atoms with Crippen molar-refractivity contribution >= 4 is 28.3 Å². The van der Waals surface area contributed by atoms with Crippen LogP contribution in [0.4, 0.5) is 5.69 Å². The van der Waals surface area contributed by atoms with Gasteiger partial charge in [0.2, 0.25) is 11.8 Å². The van der Waals surface area contributed by atoms with Crippen molar-refractivity contribution < 1.29 is 9.59 Å². The first-order chi connectivity index (χ1) is 12.6. The van der Waals surface area contributed by atoms with E-state index in [2.05, 4.69) is 17.6 Å². The Morgan fingerprint density at radius 1 is 1.19 bits per heavy atom. The lowest BCUT2D eigenvalue weighted by Gasteiger charge is -2.31. The van der Waals surface area contributed by atoms with E-state index in [0.29, 0.717) is 12.5 Å². The number of amides is 2. The lowest BCUT2D eigenvalue weighted by molar-refractivity contribution is -0.127. The highest BCUT2D eigenvalue weighted by atomic mass is 16.2. The van der Waals surface area contributed by atoms with Crippen molar-refractivity contribution in [2.75, 3.05) is 24.5 Å². The Hall–Kier alpha value is -2.40. The van der Waals surface area contributed by atoms with E-state index in [1.165, 1.54) is 0 Å². The predicted molar refractivity (Wildman–Crippen MR) is 103 cm³/mol. The van der Waals surface area contributed by atoms with Gasteiger partial charge in [-0.25, -0.2) is 0 Å². The molecule has 2 saturated heterocycles. The second-order valence-corrected chi connectivity index (χ2v) is 7.49. The van der Waals surface area contributed by atoms with E-state index in [1.807, 2.05) is 42.5 Å². The molecule has 0 aliphatic carbocycles. The zero-order valence-corrected chi connectivity index (χ0v) is 15.1. The van der Waals surface area contributed by atoms with E-state index >= 15 is 0 Å². The fourth-order valence-corrected chi connectivity index (χ4v) is 4.09. The van der Waals surface area contributed by atoms with Gasteiger partial charge in [0.15, 0.2) is 0 Å². The van der Waals surface area contributed by atoms with E-state index < -0.39 is 0 Å². The number of nitrogens with one attached hydrogen (secondary N) is 2. The van der Waals surface area contributed by atoms with Crippen molar-refractivity contribution in [3.63, 3.8) is 0 Å².